The Labute approximate surface area is 113 Å². The van der Waals surface area contributed by atoms with Crippen molar-refractivity contribution in [2.45, 2.75) is 17.9 Å². The van der Waals surface area contributed by atoms with Crippen molar-refractivity contribution in [1.29, 1.82) is 0 Å². The van der Waals surface area contributed by atoms with Crippen molar-refractivity contribution in [3.05, 3.63) is 60.4 Å². The van der Waals surface area contributed by atoms with Gasteiger partial charge in [0.05, 0.1) is 5.69 Å². The number of nitrogens with one attached hydrogen (secondary N) is 1. The maximum absolute atomic E-state index is 4.35. The van der Waals surface area contributed by atoms with E-state index >= 15 is 0 Å². The van der Waals surface area contributed by atoms with E-state index in [0.29, 0.717) is 6.04 Å². The van der Waals surface area contributed by atoms with Gasteiger partial charge in [0.1, 0.15) is 0 Å². The highest BCUT2D eigenvalue weighted by molar-refractivity contribution is 7.99. The van der Waals surface area contributed by atoms with Crippen molar-refractivity contribution >= 4 is 11.8 Å². The number of hydrogen-bond acceptors (Lipinski definition) is 3. The Morgan fingerprint density at radius 1 is 1.11 bits per heavy atom. The molecule has 2 aromatic rings. The molecular weight excluding hydrogens is 240 g/mol. The zero-order valence-electron chi connectivity index (χ0n) is 10.5. The first-order valence-electron chi connectivity index (χ1n) is 6.18. The molecule has 1 unspecified atom stereocenters. The van der Waals surface area contributed by atoms with E-state index in [1.807, 2.05) is 36.2 Å². The summed E-state index contributed by atoms with van der Waals surface area (Å²) < 4.78 is 0. The van der Waals surface area contributed by atoms with Gasteiger partial charge >= 0.3 is 0 Å². The molecule has 2 rings (SSSR count). The van der Waals surface area contributed by atoms with Crippen molar-refractivity contribution in [3.63, 3.8) is 0 Å². The molecule has 1 aromatic carbocycles. The minimum atomic E-state index is 0.308. The molecule has 0 saturated carbocycles. The first-order valence-corrected chi connectivity index (χ1v) is 7.17. The number of nitrogens with zero attached hydrogens (tertiary/aromatic N) is 1. The van der Waals surface area contributed by atoms with Crippen LogP contribution in [-0.4, -0.2) is 17.3 Å². The molecule has 0 aliphatic heterocycles. The van der Waals surface area contributed by atoms with Crippen LogP contribution >= 0.6 is 11.8 Å². The minimum absolute atomic E-state index is 0.308. The van der Waals surface area contributed by atoms with Gasteiger partial charge in [-0.05, 0) is 31.2 Å². The Kier molecular flexibility index (Phi) is 5.24. The summed E-state index contributed by atoms with van der Waals surface area (Å²) in [7, 11) is 0. The van der Waals surface area contributed by atoms with Crippen LogP contribution in [-0.2, 0) is 0 Å². The summed E-state index contributed by atoms with van der Waals surface area (Å²) in [5, 5.41) is 3.49. The van der Waals surface area contributed by atoms with Crippen LogP contribution in [0.3, 0.4) is 0 Å². The van der Waals surface area contributed by atoms with Gasteiger partial charge in [-0.2, -0.15) is 0 Å². The summed E-state index contributed by atoms with van der Waals surface area (Å²) in [5.74, 6) is 1.07. The predicted octanol–water partition coefficient (Wildman–Crippen LogP) is 3.52. The lowest BCUT2D eigenvalue weighted by Gasteiger charge is -2.12. The van der Waals surface area contributed by atoms with Crippen LogP contribution in [0, 0.1) is 0 Å². The number of benzene rings is 1. The molecule has 18 heavy (non-hydrogen) atoms. The Hall–Kier alpha value is -1.32. The average molecular weight is 258 g/mol. The SMILES string of the molecule is CC(NCCSc1ccccc1)c1ccccn1. The lowest BCUT2D eigenvalue weighted by Crippen LogP contribution is -2.22. The molecule has 0 saturated heterocycles. The molecule has 0 radical (unpaired) electrons. The normalized spacial score (nSPS) is 12.3. The number of hydrogen-bond donors (Lipinski definition) is 1. The average Bonchev–Trinajstić information content (AvgIpc) is 2.45. The fraction of sp³-hybridized carbons (Fsp3) is 0.267. The molecule has 0 aliphatic rings. The third-order valence-electron chi connectivity index (χ3n) is 2.70. The van der Waals surface area contributed by atoms with E-state index in [1.54, 1.807) is 0 Å². The molecule has 1 aromatic heterocycles. The predicted molar refractivity (Wildman–Crippen MR) is 77.8 cm³/mol. The number of pyridine rings is 1. The van der Waals surface area contributed by atoms with Crippen molar-refractivity contribution in [1.82, 2.24) is 10.3 Å². The molecule has 0 amide bonds. The standard InChI is InChI=1S/C15H18N2S/c1-13(15-9-5-6-10-17-15)16-11-12-18-14-7-3-2-4-8-14/h2-10,13,16H,11-12H2,1H3. The first kappa shape index (κ1) is 13.1. The number of rotatable bonds is 6. The first-order chi connectivity index (χ1) is 8.86. The van der Waals surface area contributed by atoms with Crippen LogP contribution in [0.1, 0.15) is 18.7 Å². The molecule has 1 N–H and O–H groups in total. The van der Waals surface area contributed by atoms with Crippen LogP contribution in [0.15, 0.2) is 59.6 Å². The van der Waals surface area contributed by atoms with Gasteiger partial charge in [0, 0.05) is 29.4 Å². The molecule has 3 heteroatoms. The summed E-state index contributed by atoms with van der Waals surface area (Å²) in [6, 6.07) is 16.8. The molecule has 0 fully saturated rings. The molecular formula is C15H18N2S. The highest BCUT2D eigenvalue weighted by atomic mass is 32.2. The van der Waals surface area contributed by atoms with Crippen LogP contribution in [0.25, 0.3) is 0 Å². The highest BCUT2D eigenvalue weighted by Gasteiger charge is 2.04. The lowest BCUT2D eigenvalue weighted by molar-refractivity contribution is 0.586. The zero-order chi connectivity index (χ0) is 12.6. The van der Waals surface area contributed by atoms with Crippen LogP contribution in [0.5, 0.6) is 0 Å². The molecule has 2 nitrogen and oxygen atoms in total. The van der Waals surface area contributed by atoms with Gasteiger partial charge in [0.2, 0.25) is 0 Å². The van der Waals surface area contributed by atoms with E-state index in [1.165, 1.54) is 4.90 Å². The van der Waals surface area contributed by atoms with Gasteiger partial charge < -0.3 is 5.32 Å². The van der Waals surface area contributed by atoms with Crippen LogP contribution in [0.2, 0.25) is 0 Å². The van der Waals surface area contributed by atoms with E-state index in [4.69, 9.17) is 0 Å². The topological polar surface area (TPSA) is 24.9 Å². The van der Waals surface area contributed by atoms with E-state index in [0.717, 1.165) is 18.0 Å². The van der Waals surface area contributed by atoms with Gasteiger partial charge in [0.25, 0.3) is 0 Å². The second kappa shape index (κ2) is 7.19. The highest BCUT2D eigenvalue weighted by Crippen LogP contribution is 2.16. The molecule has 0 bridgehead atoms. The van der Waals surface area contributed by atoms with E-state index < -0.39 is 0 Å². The Morgan fingerprint density at radius 2 is 1.89 bits per heavy atom. The lowest BCUT2D eigenvalue weighted by atomic mass is 10.2. The Morgan fingerprint density at radius 3 is 2.61 bits per heavy atom. The number of thioether (sulfide) groups is 1. The van der Waals surface area contributed by atoms with E-state index in [9.17, 15) is 0 Å². The summed E-state index contributed by atoms with van der Waals surface area (Å²) >= 11 is 1.87. The Bertz CT molecular complexity index is 445. The summed E-state index contributed by atoms with van der Waals surface area (Å²) in [6.07, 6.45) is 1.84. The summed E-state index contributed by atoms with van der Waals surface area (Å²) in [5.41, 5.74) is 1.10. The monoisotopic (exact) mass is 258 g/mol. The van der Waals surface area contributed by atoms with Gasteiger partial charge in [-0.25, -0.2) is 0 Å². The smallest absolute Gasteiger partial charge is 0.0570 e. The molecule has 1 heterocycles. The summed E-state index contributed by atoms with van der Waals surface area (Å²) in [6.45, 7) is 3.13. The summed E-state index contributed by atoms with van der Waals surface area (Å²) in [4.78, 5) is 5.67. The molecule has 0 spiro atoms. The fourth-order valence-electron chi connectivity index (χ4n) is 1.70. The minimum Gasteiger partial charge on any atom is -0.308 e. The maximum atomic E-state index is 4.35. The van der Waals surface area contributed by atoms with Gasteiger partial charge in [-0.3, -0.25) is 4.98 Å². The van der Waals surface area contributed by atoms with Gasteiger partial charge in [-0.1, -0.05) is 24.3 Å². The zero-order valence-corrected chi connectivity index (χ0v) is 11.4. The molecule has 1 atom stereocenters. The van der Waals surface area contributed by atoms with Gasteiger partial charge in [0.15, 0.2) is 0 Å². The van der Waals surface area contributed by atoms with Crippen molar-refractivity contribution in [2.24, 2.45) is 0 Å². The molecule has 94 valence electrons. The number of aromatic nitrogens is 1. The van der Waals surface area contributed by atoms with Gasteiger partial charge in [-0.15, -0.1) is 11.8 Å². The third-order valence-corrected chi connectivity index (χ3v) is 3.71. The fourth-order valence-corrected chi connectivity index (χ4v) is 2.50. The largest absolute Gasteiger partial charge is 0.308 e. The second-order valence-electron chi connectivity index (χ2n) is 4.09. The van der Waals surface area contributed by atoms with E-state index in [-0.39, 0.29) is 0 Å². The molecule has 0 aliphatic carbocycles. The van der Waals surface area contributed by atoms with Crippen molar-refractivity contribution in [2.75, 3.05) is 12.3 Å². The van der Waals surface area contributed by atoms with Crippen LogP contribution < -0.4 is 5.32 Å². The maximum Gasteiger partial charge on any atom is 0.0570 e. The third kappa shape index (κ3) is 4.17. The van der Waals surface area contributed by atoms with E-state index in [2.05, 4.69) is 47.6 Å². The van der Waals surface area contributed by atoms with Crippen LogP contribution in [0.4, 0.5) is 0 Å². The quantitative estimate of drug-likeness (QED) is 0.634. The van der Waals surface area contributed by atoms with Crippen molar-refractivity contribution < 1.29 is 0 Å². The Balaban J connectivity index is 1.70. The second-order valence-corrected chi connectivity index (χ2v) is 5.26. The van der Waals surface area contributed by atoms with Crippen molar-refractivity contribution in [3.8, 4) is 0 Å².